The summed E-state index contributed by atoms with van der Waals surface area (Å²) in [5.74, 6) is -1.40. The van der Waals surface area contributed by atoms with Gasteiger partial charge in [0.05, 0.1) is 11.3 Å². The van der Waals surface area contributed by atoms with Crippen molar-refractivity contribution < 1.29 is 13.9 Å². The molecule has 0 unspecified atom stereocenters. The first-order valence-corrected chi connectivity index (χ1v) is 4.99. The third-order valence-electron chi connectivity index (χ3n) is 2.18. The van der Waals surface area contributed by atoms with E-state index in [0.29, 0.717) is 0 Å². The van der Waals surface area contributed by atoms with Crippen molar-refractivity contribution >= 4 is 11.9 Å². The minimum atomic E-state index is -1.20. The van der Waals surface area contributed by atoms with E-state index in [2.05, 4.69) is 5.32 Å². The molecule has 0 atom stereocenters. The summed E-state index contributed by atoms with van der Waals surface area (Å²) < 4.78 is 25.9. The average molecular weight is 240 g/mol. The third kappa shape index (κ3) is 3.64. The Morgan fingerprint density at radius 2 is 2.06 bits per heavy atom. The Morgan fingerprint density at radius 1 is 1.41 bits per heavy atom. The lowest BCUT2D eigenvalue weighted by Gasteiger charge is -2.18. The normalized spacial score (nSPS) is 12.4. The Balaban J connectivity index is 2.92. The third-order valence-corrected chi connectivity index (χ3v) is 2.18. The molecule has 0 aliphatic heterocycles. The average Bonchev–Trinajstić information content (AvgIpc) is 2.19. The number of benzene rings is 1. The molecule has 3 N–H and O–H groups in total. The molecule has 0 aromatic heterocycles. The Morgan fingerprint density at radius 3 is 2.53 bits per heavy atom. The molecule has 0 fully saturated rings. The van der Waals surface area contributed by atoms with Crippen molar-refractivity contribution in [3.8, 4) is 0 Å². The maximum absolute atomic E-state index is 13.3. The van der Waals surface area contributed by atoms with E-state index in [9.17, 15) is 13.9 Å². The first-order chi connectivity index (χ1) is 7.84. The number of halogens is 2. The van der Waals surface area contributed by atoms with E-state index < -0.39 is 17.2 Å². The minimum absolute atomic E-state index is 0.0787. The summed E-state index contributed by atoms with van der Waals surface area (Å²) >= 11 is 0. The summed E-state index contributed by atoms with van der Waals surface area (Å²) in [6.45, 7) is 3.01. The Labute approximate surface area is 98.3 Å². The molecule has 17 heavy (non-hydrogen) atoms. The van der Waals surface area contributed by atoms with Crippen LogP contribution in [0.5, 0.6) is 0 Å². The SMILES string of the molecule is CC(C)(O)/C(C=N)=C/Nc1ccc(F)cc1F. The highest BCUT2D eigenvalue weighted by molar-refractivity contribution is 5.79. The molecule has 0 saturated carbocycles. The van der Waals surface area contributed by atoms with Crippen LogP contribution in [-0.4, -0.2) is 16.9 Å². The number of rotatable bonds is 4. The number of aliphatic hydroxyl groups is 1. The molecular weight excluding hydrogens is 226 g/mol. The largest absolute Gasteiger partial charge is 0.386 e. The van der Waals surface area contributed by atoms with Crippen LogP contribution < -0.4 is 5.32 Å². The summed E-state index contributed by atoms with van der Waals surface area (Å²) in [5.41, 5.74) is -0.846. The van der Waals surface area contributed by atoms with Crippen LogP contribution in [0.1, 0.15) is 13.8 Å². The highest BCUT2D eigenvalue weighted by Crippen LogP contribution is 2.17. The summed E-state index contributed by atoms with van der Waals surface area (Å²) in [7, 11) is 0. The Kier molecular flexibility index (Phi) is 3.96. The van der Waals surface area contributed by atoms with E-state index in [4.69, 9.17) is 5.41 Å². The van der Waals surface area contributed by atoms with Gasteiger partial charge in [-0.2, -0.15) is 0 Å². The Hall–Kier alpha value is -1.75. The van der Waals surface area contributed by atoms with Gasteiger partial charge in [-0.1, -0.05) is 0 Å². The van der Waals surface area contributed by atoms with Gasteiger partial charge >= 0.3 is 0 Å². The molecule has 1 aromatic rings. The van der Waals surface area contributed by atoms with Crippen LogP contribution in [0.25, 0.3) is 0 Å². The van der Waals surface area contributed by atoms with Crippen molar-refractivity contribution in [2.45, 2.75) is 19.4 Å². The van der Waals surface area contributed by atoms with Crippen molar-refractivity contribution in [2.75, 3.05) is 5.32 Å². The zero-order valence-electron chi connectivity index (χ0n) is 9.59. The molecule has 0 aliphatic rings. The molecule has 0 heterocycles. The molecule has 92 valence electrons. The second-order valence-corrected chi connectivity index (χ2v) is 4.07. The fourth-order valence-corrected chi connectivity index (χ4v) is 1.16. The Bertz CT molecular complexity index is 450. The molecule has 5 heteroatoms. The van der Waals surface area contributed by atoms with E-state index in [1.165, 1.54) is 26.1 Å². The van der Waals surface area contributed by atoms with Crippen LogP contribution >= 0.6 is 0 Å². The minimum Gasteiger partial charge on any atom is -0.386 e. The van der Waals surface area contributed by atoms with Crippen LogP contribution in [-0.2, 0) is 0 Å². The van der Waals surface area contributed by atoms with Crippen molar-refractivity contribution in [3.63, 3.8) is 0 Å². The fourth-order valence-electron chi connectivity index (χ4n) is 1.16. The lowest BCUT2D eigenvalue weighted by molar-refractivity contribution is 0.126. The molecule has 3 nitrogen and oxygen atoms in total. The van der Waals surface area contributed by atoms with Crippen LogP contribution in [0.15, 0.2) is 30.0 Å². The summed E-state index contributed by atoms with van der Waals surface area (Å²) in [4.78, 5) is 0. The zero-order valence-corrected chi connectivity index (χ0v) is 9.59. The van der Waals surface area contributed by atoms with Crippen molar-refractivity contribution in [3.05, 3.63) is 41.6 Å². The monoisotopic (exact) mass is 240 g/mol. The molecule has 0 radical (unpaired) electrons. The number of hydrogen-bond donors (Lipinski definition) is 3. The van der Waals surface area contributed by atoms with Gasteiger partial charge in [-0.3, -0.25) is 0 Å². The molecule has 1 rings (SSSR count). The quantitative estimate of drug-likeness (QED) is 0.709. The maximum atomic E-state index is 13.3. The molecule has 0 amide bonds. The summed E-state index contributed by atoms with van der Waals surface area (Å²) in [5, 5.41) is 19.4. The van der Waals surface area contributed by atoms with E-state index in [0.717, 1.165) is 18.3 Å². The van der Waals surface area contributed by atoms with Gasteiger partial charge in [0.2, 0.25) is 0 Å². The van der Waals surface area contributed by atoms with Gasteiger partial charge < -0.3 is 15.8 Å². The molecular formula is C12H14F2N2O. The molecule has 0 aliphatic carbocycles. The first-order valence-electron chi connectivity index (χ1n) is 4.99. The van der Waals surface area contributed by atoms with Crippen LogP contribution in [0.2, 0.25) is 0 Å². The molecule has 0 spiro atoms. The van der Waals surface area contributed by atoms with Crippen molar-refractivity contribution in [1.29, 1.82) is 5.41 Å². The highest BCUT2D eigenvalue weighted by atomic mass is 19.1. The van der Waals surface area contributed by atoms with Gasteiger partial charge in [-0.05, 0) is 26.0 Å². The molecule has 0 bridgehead atoms. The van der Waals surface area contributed by atoms with E-state index >= 15 is 0 Å². The van der Waals surface area contributed by atoms with Crippen molar-refractivity contribution in [2.24, 2.45) is 0 Å². The topological polar surface area (TPSA) is 56.1 Å². The van der Waals surface area contributed by atoms with Gasteiger partial charge in [0.15, 0.2) is 0 Å². The lowest BCUT2D eigenvalue weighted by atomic mass is 10.0. The number of hydrogen-bond acceptors (Lipinski definition) is 3. The zero-order chi connectivity index (χ0) is 13.1. The number of anilines is 1. The van der Waals surface area contributed by atoms with Gasteiger partial charge in [0, 0.05) is 24.1 Å². The van der Waals surface area contributed by atoms with E-state index in [1.54, 1.807) is 0 Å². The summed E-state index contributed by atoms with van der Waals surface area (Å²) in [6, 6.07) is 3.12. The smallest absolute Gasteiger partial charge is 0.149 e. The fraction of sp³-hybridized carbons (Fsp3) is 0.250. The molecule has 1 aromatic carbocycles. The predicted octanol–water partition coefficient (Wildman–Crippen LogP) is 2.68. The van der Waals surface area contributed by atoms with Gasteiger partial charge in [0.25, 0.3) is 0 Å². The lowest BCUT2D eigenvalue weighted by Crippen LogP contribution is -2.23. The van der Waals surface area contributed by atoms with E-state index in [-0.39, 0.29) is 11.3 Å². The van der Waals surface area contributed by atoms with Gasteiger partial charge in [-0.25, -0.2) is 8.78 Å². The van der Waals surface area contributed by atoms with Gasteiger partial charge in [0.1, 0.15) is 11.6 Å². The second-order valence-electron chi connectivity index (χ2n) is 4.07. The molecule has 0 saturated heterocycles. The maximum Gasteiger partial charge on any atom is 0.149 e. The van der Waals surface area contributed by atoms with Crippen LogP contribution in [0.4, 0.5) is 14.5 Å². The predicted molar refractivity (Wildman–Crippen MR) is 63.1 cm³/mol. The van der Waals surface area contributed by atoms with Gasteiger partial charge in [-0.15, -0.1) is 0 Å². The first kappa shape index (κ1) is 13.3. The van der Waals surface area contributed by atoms with E-state index in [1.807, 2.05) is 0 Å². The summed E-state index contributed by atoms with van der Waals surface area (Å²) in [6.07, 6.45) is 2.28. The van der Waals surface area contributed by atoms with Crippen molar-refractivity contribution in [1.82, 2.24) is 0 Å². The number of nitrogens with one attached hydrogen (secondary N) is 2. The standard InChI is InChI=1S/C12H14F2N2O/c1-12(2,17)8(6-15)7-16-11-4-3-9(13)5-10(11)14/h3-7,15-17H,1-2H3/b8-7+,15-6?. The van der Waals surface area contributed by atoms with Crippen LogP contribution in [0.3, 0.4) is 0 Å². The highest BCUT2D eigenvalue weighted by Gasteiger charge is 2.17. The second kappa shape index (κ2) is 5.05. The van der Waals surface area contributed by atoms with Crippen LogP contribution in [0, 0.1) is 17.0 Å².